The van der Waals surface area contributed by atoms with Crippen LogP contribution in [0.15, 0.2) is 60.7 Å². The molecule has 2 unspecified atom stereocenters. The first-order valence-electron chi connectivity index (χ1n) is 6.67. The molecule has 21 heavy (non-hydrogen) atoms. The van der Waals surface area contributed by atoms with Gasteiger partial charge in [-0.25, -0.2) is 0 Å². The van der Waals surface area contributed by atoms with Crippen LogP contribution in [0.3, 0.4) is 0 Å². The molecule has 0 fully saturated rings. The second kappa shape index (κ2) is 5.79. The summed E-state index contributed by atoms with van der Waals surface area (Å²) in [6.45, 7) is 1.66. The SMILES string of the molecule is CC(C(N)=O)(c1ccccc1)C(C(N)=O)c1ccccc1. The van der Waals surface area contributed by atoms with Crippen LogP contribution in [-0.2, 0) is 15.0 Å². The Labute approximate surface area is 123 Å². The van der Waals surface area contributed by atoms with E-state index in [1.807, 2.05) is 12.1 Å². The minimum atomic E-state index is -1.20. The molecule has 0 bridgehead atoms. The lowest BCUT2D eigenvalue weighted by atomic mass is 9.68. The average molecular weight is 282 g/mol. The van der Waals surface area contributed by atoms with E-state index >= 15 is 0 Å². The lowest BCUT2D eigenvalue weighted by molar-refractivity contribution is -0.129. The van der Waals surface area contributed by atoms with Gasteiger partial charge in [-0.05, 0) is 18.1 Å². The summed E-state index contributed by atoms with van der Waals surface area (Å²) < 4.78 is 0. The molecule has 2 atom stereocenters. The van der Waals surface area contributed by atoms with Gasteiger partial charge in [0.25, 0.3) is 0 Å². The van der Waals surface area contributed by atoms with Crippen LogP contribution in [0, 0.1) is 0 Å². The van der Waals surface area contributed by atoms with Crippen LogP contribution in [0.5, 0.6) is 0 Å². The molecule has 0 spiro atoms. The third-order valence-corrected chi connectivity index (χ3v) is 3.88. The summed E-state index contributed by atoms with van der Waals surface area (Å²) in [5, 5.41) is 0. The maximum absolute atomic E-state index is 12.2. The van der Waals surface area contributed by atoms with E-state index in [1.165, 1.54) is 0 Å². The fraction of sp³-hybridized carbons (Fsp3) is 0.176. The van der Waals surface area contributed by atoms with Crippen LogP contribution < -0.4 is 11.5 Å². The standard InChI is InChI=1S/C17H18N2O2/c1-17(16(19)21,13-10-6-3-7-11-13)14(15(18)20)12-8-4-2-5-9-12/h2-11,14H,1H3,(H2,18,20)(H2,19,21). The molecule has 0 aromatic heterocycles. The predicted octanol–water partition coefficient (Wildman–Crippen LogP) is 1.70. The maximum atomic E-state index is 12.2. The van der Waals surface area contributed by atoms with E-state index < -0.39 is 23.1 Å². The molecule has 0 radical (unpaired) electrons. The summed E-state index contributed by atoms with van der Waals surface area (Å²) >= 11 is 0. The van der Waals surface area contributed by atoms with Gasteiger partial charge in [0, 0.05) is 0 Å². The smallest absolute Gasteiger partial charge is 0.228 e. The van der Waals surface area contributed by atoms with Crippen molar-refractivity contribution in [2.75, 3.05) is 0 Å². The summed E-state index contributed by atoms with van der Waals surface area (Å²) in [5.74, 6) is -1.98. The predicted molar refractivity (Wildman–Crippen MR) is 81.4 cm³/mol. The third kappa shape index (κ3) is 2.65. The highest BCUT2D eigenvalue weighted by Crippen LogP contribution is 2.38. The minimum Gasteiger partial charge on any atom is -0.369 e. The van der Waals surface area contributed by atoms with Crippen molar-refractivity contribution in [2.24, 2.45) is 11.5 Å². The second-order valence-electron chi connectivity index (χ2n) is 5.18. The Kier molecular flexibility index (Phi) is 4.08. The van der Waals surface area contributed by atoms with Crippen molar-refractivity contribution in [1.82, 2.24) is 0 Å². The van der Waals surface area contributed by atoms with Gasteiger partial charge in [0.1, 0.15) is 0 Å². The Bertz CT molecular complexity index is 640. The van der Waals surface area contributed by atoms with Crippen molar-refractivity contribution in [3.05, 3.63) is 71.8 Å². The maximum Gasteiger partial charge on any atom is 0.228 e. The Morgan fingerprint density at radius 1 is 0.905 bits per heavy atom. The number of rotatable bonds is 5. The molecular formula is C17H18N2O2. The Morgan fingerprint density at radius 3 is 1.81 bits per heavy atom. The van der Waals surface area contributed by atoms with Gasteiger partial charge in [-0.15, -0.1) is 0 Å². The molecule has 4 nitrogen and oxygen atoms in total. The third-order valence-electron chi connectivity index (χ3n) is 3.88. The summed E-state index contributed by atoms with van der Waals surface area (Å²) in [6.07, 6.45) is 0. The Balaban J connectivity index is 2.64. The summed E-state index contributed by atoms with van der Waals surface area (Å²) in [7, 11) is 0. The first kappa shape index (κ1) is 14.8. The molecule has 0 aliphatic carbocycles. The number of nitrogens with two attached hydrogens (primary N) is 2. The van der Waals surface area contributed by atoms with Crippen LogP contribution in [0.4, 0.5) is 0 Å². The van der Waals surface area contributed by atoms with Crippen molar-refractivity contribution in [3.8, 4) is 0 Å². The van der Waals surface area contributed by atoms with Crippen molar-refractivity contribution in [3.63, 3.8) is 0 Å². The number of primary amides is 2. The lowest BCUT2D eigenvalue weighted by Crippen LogP contribution is -2.48. The average Bonchev–Trinajstić information content (AvgIpc) is 2.48. The highest BCUT2D eigenvalue weighted by Gasteiger charge is 2.45. The van der Waals surface area contributed by atoms with Gasteiger partial charge in [-0.3, -0.25) is 9.59 Å². The van der Waals surface area contributed by atoms with Crippen molar-refractivity contribution >= 4 is 11.8 Å². The zero-order valence-electron chi connectivity index (χ0n) is 11.8. The van der Waals surface area contributed by atoms with Gasteiger partial charge >= 0.3 is 0 Å². The highest BCUT2D eigenvalue weighted by atomic mass is 16.2. The Hall–Kier alpha value is -2.62. The zero-order valence-corrected chi connectivity index (χ0v) is 11.8. The van der Waals surface area contributed by atoms with Crippen LogP contribution in [0.2, 0.25) is 0 Å². The number of carbonyl (C=O) groups excluding carboxylic acids is 2. The lowest BCUT2D eigenvalue weighted by Gasteiger charge is -2.33. The van der Waals surface area contributed by atoms with E-state index in [9.17, 15) is 9.59 Å². The van der Waals surface area contributed by atoms with Gasteiger partial charge in [-0.2, -0.15) is 0 Å². The second-order valence-corrected chi connectivity index (χ2v) is 5.18. The molecule has 0 aliphatic heterocycles. The normalized spacial score (nSPS) is 14.9. The number of carbonyl (C=O) groups is 2. The number of hydrogen-bond acceptors (Lipinski definition) is 2. The fourth-order valence-electron chi connectivity index (χ4n) is 2.66. The molecule has 0 heterocycles. The summed E-state index contributed by atoms with van der Waals surface area (Å²) in [4.78, 5) is 24.2. The molecule has 0 saturated carbocycles. The fourth-order valence-corrected chi connectivity index (χ4v) is 2.66. The van der Waals surface area contributed by atoms with Gasteiger partial charge in [-0.1, -0.05) is 60.7 Å². The van der Waals surface area contributed by atoms with Crippen LogP contribution in [0.25, 0.3) is 0 Å². The molecular weight excluding hydrogens is 264 g/mol. The van der Waals surface area contributed by atoms with Crippen LogP contribution in [-0.4, -0.2) is 11.8 Å². The number of benzene rings is 2. The van der Waals surface area contributed by atoms with Gasteiger partial charge < -0.3 is 11.5 Å². The topological polar surface area (TPSA) is 86.2 Å². The van der Waals surface area contributed by atoms with Gasteiger partial charge in [0.05, 0.1) is 11.3 Å². The molecule has 4 N–H and O–H groups in total. The molecule has 2 amide bonds. The number of amides is 2. The van der Waals surface area contributed by atoms with E-state index in [-0.39, 0.29) is 0 Å². The van der Waals surface area contributed by atoms with Gasteiger partial charge in [0.2, 0.25) is 11.8 Å². The molecule has 0 aliphatic rings. The number of hydrogen-bond donors (Lipinski definition) is 2. The highest BCUT2D eigenvalue weighted by molar-refractivity contribution is 5.96. The zero-order chi connectivity index (χ0) is 15.5. The van der Waals surface area contributed by atoms with E-state index in [1.54, 1.807) is 55.5 Å². The largest absolute Gasteiger partial charge is 0.369 e. The minimum absolute atomic E-state index is 0.577. The molecule has 0 saturated heterocycles. The molecule has 2 aromatic rings. The Morgan fingerprint density at radius 2 is 1.38 bits per heavy atom. The quantitative estimate of drug-likeness (QED) is 0.874. The van der Waals surface area contributed by atoms with Crippen molar-refractivity contribution in [1.29, 1.82) is 0 Å². The molecule has 2 rings (SSSR count). The van der Waals surface area contributed by atoms with Crippen LogP contribution >= 0.6 is 0 Å². The van der Waals surface area contributed by atoms with E-state index in [4.69, 9.17) is 11.5 Å². The molecule has 4 heteroatoms. The van der Waals surface area contributed by atoms with Crippen LogP contribution in [0.1, 0.15) is 24.0 Å². The first-order valence-corrected chi connectivity index (χ1v) is 6.67. The monoisotopic (exact) mass is 282 g/mol. The van der Waals surface area contributed by atoms with Crippen molar-refractivity contribution in [2.45, 2.75) is 18.3 Å². The van der Waals surface area contributed by atoms with Gasteiger partial charge in [0.15, 0.2) is 0 Å². The molecule has 2 aromatic carbocycles. The van der Waals surface area contributed by atoms with E-state index in [0.29, 0.717) is 11.1 Å². The van der Waals surface area contributed by atoms with E-state index in [2.05, 4.69) is 0 Å². The first-order chi connectivity index (χ1) is 9.98. The van der Waals surface area contributed by atoms with E-state index in [0.717, 1.165) is 0 Å². The summed E-state index contributed by atoms with van der Waals surface area (Å²) in [6, 6.07) is 18.0. The van der Waals surface area contributed by atoms with Crippen molar-refractivity contribution < 1.29 is 9.59 Å². The summed E-state index contributed by atoms with van der Waals surface area (Å²) in [5.41, 5.74) is 11.4. The molecule has 108 valence electrons.